The number of rotatable bonds is 3. The molecule has 0 aromatic carbocycles. The van der Waals surface area contributed by atoms with Crippen molar-refractivity contribution in [3.05, 3.63) is 24.0 Å². The van der Waals surface area contributed by atoms with Gasteiger partial charge in [-0.2, -0.15) is 0 Å². The van der Waals surface area contributed by atoms with E-state index in [4.69, 9.17) is 0 Å². The molecule has 1 N–H and O–H groups in total. The van der Waals surface area contributed by atoms with Crippen molar-refractivity contribution < 1.29 is 9.53 Å². The summed E-state index contributed by atoms with van der Waals surface area (Å²) in [5.41, 5.74) is 1.76. The summed E-state index contributed by atoms with van der Waals surface area (Å²) in [7, 11) is 1.37. The van der Waals surface area contributed by atoms with Gasteiger partial charge in [-0.25, -0.2) is 4.79 Å². The van der Waals surface area contributed by atoms with Gasteiger partial charge in [-0.1, -0.05) is 0 Å². The number of aryl methyl sites for hydroxylation is 1. The molecule has 0 saturated carbocycles. The summed E-state index contributed by atoms with van der Waals surface area (Å²) in [6.45, 7) is 3.65. The minimum atomic E-state index is -0.357. The van der Waals surface area contributed by atoms with Gasteiger partial charge in [0.15, 0.2) is 0 Å². The van der Waals surface area contributed by atoms with Gasteiger partial charge >= 0.3 is 5.97 Å². The summed E-state index contributed by atoms with van der Waals surface area (Å²) in [4.78, 5) is 15.2. The quantitative estimate of drug-likeness (QED) is 0.738. The highest BCUT2D eigenvalue weighted by Gasteiger charge is 2.11. The monoisotopic (exact) mass is 194 g/mol. The highest BCUT2D eigenvalue weighted by atomic mass is 16.5. The van der Waals surface area contributed by atoms with Crippen molar-refractivity contribution in [2.24, 2.45) is 0 Å². The smallest absolute Gasteiger partial charge is 0.327 e. The molecule has 0 aliphatic carbocycles. The highest BCUT2D eigenvalue weighted by Crippen LogP contribution is 2.07. The van der Waals surface area contributed by atoms with Crippen molar-refractivity contribution in [1.82, 2.24) is 4.98 Å². The molecule has 1 aromatic rings. The van der Waals surface area contributed by atoms with Crippen LogP contribution in [0.3, 0.4) is 0 Å². The zero-order chi connectivity index (χ0) is 10.6. The first-order chi connectivity index (χ1) is 6.63. The molecule has 0 aliphatic rings. The van der Waals surface area contributed by atoms with Crippen LogP contribution in [0.15, 0.2) is 18.3 Å². The molecule has 0 radical (unpaired) electrons. The summed E-state index contributed by atoms with van der Waals surface area (Å²) in [6.07, 6.45) is 1.69. The standard InChI is InChI=1S/C10H14N2O2/c1-7-4-5-9(6-11-7)12-8(2)10(13)14-3/h4-6,8,12H,1-3H3. The molecular formula is C10H14N2O2. The molecule has 0 fully saturated rings. The van der Waals surface area contributed by atoms with E-state index in [2.05, 4.69) is 15.0 Å². The Hall–Kier alpha value is -1.58. The molecule has 1 atom stereocenters. The van der Waals surface area contributed by atoms with E-state index in [0.29, 0.717) is 0 Å². The van der Waals surface area contributed by atoms with Crippen LogP contribution in [0.5, 0.6) is 0 Å². The van der Waals surface area contributed by atoms with E-state index in [1.165, 1.54) is 7.11 Å². The molecule has 0 saturated heterocycles. The minimum Gasteiger partial charge on any atom is -0.467 e. The summed E-state index contributed by atoms with van der Waals surface area (Å²) >= 11 is 0. The van der Waals surface area contributed by atoms with Crippen molar-refractivity contribution in [2.75, 3.05) is 12.4 Å². The molecule has 1 aromatic heterocycles. The third-order valence-corrected chi connectivity index (χ3v) is 1.85. The van der Waals surface area contributed by atoms with Crippen LogP contribution in [0.2, 0.25) is 0 Å². The summed E-state index contributed by atoms with van der Waals surface area (Å²) in [6, 6.07) is 3.40. The van der Waals surface area contributed by atoms with E-state index in [9.17, 15) is 4.79 Å². The highest BCUT2D eigenvalue weighted by molar-refractivity contribution is 5.78. The van der Waals surface area contributed by atoms with Gasteiger partial charge in [-0.05, 0) is 26.0 Å². The molecule has 1 heterocycles. The summed E-state index contributed by atoms with van der Waals surface area (Å²) in [5.74, 6) is -0.287. The van der Waals surface area contributed by atoms with Gasteiger partial charge in [0.2, 0.25) is 0 Å². The molecule has 14 heavy (non-hydrogen) atoms. The number of anilines is 1. The molecular weight excluding hydrogens is 180 g/mol. The lowest BCUT2D eigenvalue weighted by Gasteiger charge is -2.12. The fourth-order valence-electron chi connectivity index (χ4n) is 1.04. The average molecular weight is 194 g/mol. The van der Waals surface area contributed by atoms with Crippen molar-refractivity contribution >= 4 is 11.7 Å². The fourth-order valence-corrected chi connectivity index (χ4v) is 1.04. The maximum atomic E-state index is 11.1. The number of nitrogens with one attached hydrogen (secondary N) is 1. The van der Waals surface area contributed by atoms with E-state index in [1.807, 2.05) is 19.1 Å². The molecule has 0 amide bonds. The first kappa shape index (κ1) is 10.5. The summed E-state index contributed by atoms with van der Waals surface area (Å²) in [5, 5.41) is 2.98. The van der Waals surface area contributed by atoms with Gasteiger partial charge in [0.25, 0.3) is 0 Å². The van der Waals surface area contributed by atoms with Crippen LogP contribution in [-0.4, -0.2) is 24.1 Å². The Morgan fingerprint density at radius 2 is 2.29 bits per heavy atom. The third-order valence-electron chi connectivity index (χ3n) is 1.85. The SMILES string of the molecule is COC(=O)C(C)Nc1ccc(C)nc1. The lowest BCUT2D eigenvalue weighted by molar-refractivity contribution is -0.141. The van der Waals surface area contributed by atoms with E-state index in [0.717, 1.165) is 11.4 Å². The second kappa shape index (κ2) is 4.60. The van der Waals surface area contributed by atoms with Crippen LogP contribution in [0.4, 0.5) is 5.69 Å². The largest absolute Gasteiger partial charge is 0.467 e. The molecule has 4 heteroatoms. The van der Waals surface area contributed by atoms with Crippen LogP contribution in [-0.2, 0) is 9.53 Å². The number of esters is 1. The maximum Gasteiger partial charge on any atom is 0.327 e. The predicted octanol–water partition coefficient (Wildman–Crippen LogP) is 1.36. The first-order valence-electron chi connectivity index (χ1n) is 4.40. The number of methoxy groups -OCH3 is 1. The lowest BCUT2D eigenvalue weighted by atomic mass is 10.3. The maximum absolute atomic E-state index is 11.1. The van der Waals surface area contributed by atoms with Gasteiger partial charge in [-0.3, -0.25) is 4.98 Å². The minimum absolute atomic E-state index is 0.287. The Kier molecular flexibility index (Phi) is 3.45. The third kappa shape index (κ3) is 2.73. The first-order valence-corrected chi connectivity index (χ1v) is 4.40. The second-order valence-electron chi connectivity index (χ2n) is 3.08. The number of hydrogen-bond donors (Lipinski definition) is 1. The molecule has 0 aliphatic heterocycles. The molecule has 76 valence electrons. The van der Waals surface area contributed by atoms with Crippen molar-refractivity contribution in [2.45, 2.75) is 19.9 Å². The Morgan fingerprint density at radius 3 is 2.79 bits per heavy atom. The fraction of sp³-hybridized carbons (Fsp3) is 0.400. The van der Waals surface area contributed by atoms with Crippen molar-refractivity contribution in [1.29, 1.82) is 0 Å². The number of carbonyl (C=O) groups excluding carboxylic acids is 1. The van der Waals surface area contributed by atoms with E-state index < -0.39 is 0 Å². The number of ether oxygens (including phenoxy) is 1. The van der Waals surface area contributed by atoms with Gasteiger partial charge in [0, 0.05) is 5.69 Å². The number of carbonyl (C=O) groups is 1. The van der Waals surface area contributed by atoms with Crippen LogP contribution in [0.1, 0.15) is 12.6 Å². The number of hydrogen-bond acceptors (Lipinski definition) is 4. The molecule has 0 spiro atoms. The molecule has 1 rings (SSSR count). The van der Waals surface area contributed by atoms with Gasteiger partial charge in [-0.15, -0.1) is 0 Å². The number of pyridine rings is 1. The van der Waals surface area contributed by atoms with E-state index >= 15 is 0 Å². The topological polar surface area (TPSA) is 51.2 Å². The van der Waals surface area contributed by atoms with Crippen LogP contribution in [0, 0.1) is 6.92 Å². The van der Waals surface area contributed by atoms with E-state index in [1.54, 1.807) is 13.1 Å². The Balaban J connectivity index is 2.60. The van der Waals surface area contributed by atoms with Gasteiger partial charge in [0.05, 0.1) is 19.0 Å². The summed E-state index contributed by atoms with van der Waals surface area (Å²) < 4.78 is 4.59. The predicted molar refractivity (Wildman–Crippen MR) is 54.1 cm³/mol. The molecule has 1 unspecified atom stereocenters. The number of nitrogens with zero attached hydrogens (tertiary/aromatic N) is 1. The zero-order valence-corrected chi connectivity index (χ0v) is 8.57. The van der Waals surface area contributed by atoms with Gasteiger partial charge in [0.1, 0.15) is 6.04 Å². The van der Waals surface area contributed by atoms with Crippen LogP contribution < -0.4 is 5.32 Å². The normalized spacial score (nSPS) is 11.9. The Bertz CT molecular complexity index is 308. The Morgan fingerprint density at radius 1 is 1.57 bits per heavy atom. The molecule has 0 bridgehead atoms. The van der Waals surface area contributed by atoms with Crippen molar-refractivity contribution in [3.63, 3.8) is 0 Å². The lowest BCUT2D eigenvalue weighted by Crippen LogP contribution is -2.27. The van der Waals surface area contributed by atoms with Crippen molar-refractivity contribution in [3.8, 4) is 0 Å². The zero-order valence-electron chi connectivity index (χ0n) is 8.57. The second-order valence-corrected chi connectivity index (χ2v) is 3.08. The average Bonchev–Trinajstić information content (AvgIpc) is 2.20. The Labute approximate surface area is 83.3 Å². The molecule has 4 nitrogen and oxygen atoms in total. The van der Waals surface area contributed by atoms with Crippen LogP contribution in [0.25, 0.3) is 0 Å². The van der Waals surface area contributed by atoms with Crippen LogP contribution >= 0.6 is 0 Å². The number of aromatic nitrogens is 1. The van der Waals surface area contributed by atoms with E-state index in [-0.39, 0.29) is 12.0 Å². The van der Waals surface area contributed by atoms with Gasteiger partial charge < -0.3 is 10.1 Å².